The largest absolute Gasteiger partial charge is 0.248 e. The number of nitriles is 1. The zero-order valence-corrected chi connectivity index (χ0v) is 9.09. The molecule has 0 saturated carbocycles. The van der Waals surface area contributed by atoms with Crippen LogP contribution >= 0.6 is 11.6 Å². The minimum atomic E-state index is 0.593. The number of aromatic nitrogens is 1. The predicted octanol–water partition coefficient (Wildman–Crippen LogP) is 2.71. The van der Waals surface area contributed by atoms with Crippen molar-refractivity contribution in [1.29, 1.82) is 5.26 Å². The Morgan fingerprint density at radius 3 is 3.00 bits per heavy atom. The highest BCUT2D eigenvalue weighted by Gasteiger charge is 1.91. The summed E-state index contributed by atoms with van der Waals surface area (Å²) in [6, 6.07) is 5.41. The van der Waals surface area contributed by atoms with E-state index < -0.39 is 0 Å². The van der Waals surface area contributed by atoms with Crippen molar-refractivity contribution in [3.63, 3.8) is 0 Å². The van der Waals surface area contributed by atoms with E-state index in [0.717, 1.165) is 19.3 Å². The number of pyridine rings is 1. The van der Waals surface area contributed by atoms with E-state index in [1.54, 1.807) is 18.3 Å². The molecule has 0 N–H and O–H groups in total. The second-order valence-corrected chi connectivity index (χ2v) is 3.37. The molecule has 1 rings (SSSR count). The standard InChI is InChI=1S/C12H11ClN2/c13-7-4-2-1-3-5-12-9-11(10-14)6-8-15-12/h6,8-9H,1-2,4,7H2. The van der Waals surface area contributed by atoms with Crippen LogP contribution in [0.2, 0.25) is 0 Å². The fourth-order valence-corrected chi connectivity index (χ4v) is 1.22. The lowest BCUT2D eigenvalue weighted by Gasteiger charge is -1.90. The molecule has 0 atom stereocenters. The van der Waals surface area contributed by atoms with Crippen LogP contribution in [0.5, 0.6) is 0 Å². The zero-order chi connectivity index (χ0) is 10.9. The highest BCUT2D eigenvalue weighted by atomic mass is 35.5. The third-order valence-corrected chi connectivity index (χ3v) is 2.06. The molecule has 0 spiro atoms. The van der Waals surface area contributed by atoms with Crippen LogP contribution in [0.25, 0.3) is 0 Å². The Bertz CT molecular complexity index is 410. The lowest BCUT2D eigenvalue weighted by Crippen LogP contribution is -1.83. The third kappa shape index (κ3) is 4.49. The Kier molecular flexibility index (Phi) is 5.30. The van der Waals surface area contributed by atoms with Crippen LogP contribution in [0, 0.1) is 23.2 Å². The maximum atomic E-state index is 8.66. The molecule has 15 heavy (non-hydrogen) atoms. The summed E-state index contributed by atoms with van der Waals surface area (Å²) in [5.74, 6) is 6.61. The molecule has 0 amide bonds. The van der Waals surface area contributed by atoms with Crippen LogP contribution in [0.4, 0.5) is 0 Å². The van der Waals surface area contributed by atoms with Crippen LogP contribution in [-0.4, -0.2) is 10.9 Å². The molecular formula is C12H11ClN2. The van der Waals surface area contributed by atoms with Gasteiger partial charge in [0.1, 0.15) is 5.69 Å². The highest BCUT2D eigenvalue weighted by Crippen LogP contribution is 1.99. The Labute approximate surface area is 94.9 Å². The van der Waals surface area contributed by atoms with E-state index in [9.17, 15) is 0 Å². The average Bonchev–Trinajstić information content (AvgIpc) is 2.29. The van der Waals surface area contributed by atoms with Gasteiger partial charge in [-0.05, 0) is 30.9 Å². The van der Waals surface area contributed by atoms with Gasteiger partial charge >= 0.3 is 0 Å². The minimum Gasteiger partial charge on any atom is -0.248 e. The van der Waals surface area contributed by atoms with Crippen molar-refractivity contribution in [3.8, 4) is 17.9 Å². The van der Waals surface area contributed by atoms with Gasteiger partial charge in [0.15, 0.2) is 0 Å². The topological polar surface area (TPSA) is 36.7 Å². The van der Waals surface area contributed by atoms with Crippen LogP contribution in [0.3, 0.4) is 0 Å². The molecule has 3 heteroatoms. The van der Waals surface area contributed by atoms with Crippen LogP contribution in [0.15, 0.2) is 18.3 Å². The second-order valence-electron chi connectivity index (χ2n) is 2.99. The Hall–Kier alpha value is -1.51. The fourth-order valence-electron chi connectivity index (χ4n) is 1.03. The lowest BCUT2D eigenvalue weighted by molar-refractivity contribution is 0.833. The molecule has 0 bridgehead atoms. The van der Waals surface area contributed by atoms with Gasteiger partial charge in [0.2, 0.25) is 0 Å². The molecule has 1 aromatic heterocycles. The van der Waals surface area contributed by atoms with Gasteiger partial charge in [0, 0.05) is 18.5 Å². The zero-order valence-electron chi connectivity index (χ0n) is 8.33. The van der Waals surface area contributed by atoms with E-state index in [2.05, 4.69) is 22.9 Å². The molecule has 0 aromatic carbocycles. The van der Waals surface area contributed by atoms with Gasteiger partial charge in [-0.2, -0.15) is 5.26 Å². The van der Waals surface area contributed by atoms with Gasteiger partial charge in [0.05, 0.1) is 11.6 Å². The van der Waals surface area contributed by atoms with E-state index in [-0.39, 0.29) is 0 Å². The average molecular weight is 219 g/mol. The van der Waals surface area contributed by atoms with E-state index in [1.165, 1.54) is 0 Å². The maximum Gasteiger partial charge on any atom is 0.114 e. The summed E-state index contributed by atoms with van der Waals surface area (Å²) in [6.45, 7) is 0. The summed E-state index contributed by atoms with van der Waals surface area (Å²) in [5, 5.41) is 8.66. The monoisotopic (exact) mass is 218 g/mol. The molecule has 0 aliphatic rings. The van der Waals surface area contributed by atoms with E-state index >= 15 is 0 Å². The first-order valence-corrected chi connectivity index (χ1v) is 5.31. The molecule has 0 unspecified atom stereocenters. The first kappa shape index (κ1) is 11.6. The Balaban J connectivity index is 2.53. The first-order chi connectivity index (χ1) is 7.36. The van der Waals surface area contributed by atoms with E-state index in [4.69, 9.17) is 16.9 Å². The second kappa shape index (κ2) is 6.87. The molecular weight excluding hydrogens is 208 g/mol. The van der Waals surface area contributed by atoms with Gasteiger partial charge in [-0.1, -0.05) is 5.92 Å². The summed E-state index contributed by atoms with van der Waals surface area (Å²) in [5.41, 5.74) is 1.25. The van der Waals surface area contributed by atoms with Crippen molar-refractivity contribution in [2.24, 2.45) is 0 Å². The van der Waals surface area contributed by atoms with E-state index in [1.807, 2.05) is 0 Å². The van der Waals surface area contributed by atoms with Crippen molar-refractivity contribution >= 4 is 11.6 Å². The summed E-state index contributed by atoms with van der Waals surface area (Å²) < 4.78 is 0. The molecule has 0 radical (unpaired) electrons. The molecule has 0 aliphatic carbocycles. The molecule has 0 aliphatic heterocycles. The van der Waals surface area contributed by atoms with Gasteiger partial charge in [-0.3, -0.25) is 0 Å². The molecule has 1 heterocycles. The Morgan fingerprint density at radius 1 is 1.40 bits per heavy atom. The van der Waals surface area contributed by atoms with Gasteiger partial charge in [-0.15, -0.1) is 11.6 Å². The minimum absolute atomic E-state index is 0.593. The van der Waals surface area contributed by atoms with Crippen molar-refractivity contribution in [1.82, 2.24) is 4.98 Å². The van der Waals surface area contributed by atoms with Gasteiger partial charge in [0.25, 0.3) is 0 Å². The molecule has 1 aromatic rings. The van der Waals surface area contributed by atoms with Gasteiger partial charge < -0.3 is 0 Å². The smallest absolute Gasteiger partial charge is 0.114 e. The normalized spacial score (nSPS) is 8.80. The van der Waals surface area contributed by atoms with Crippen molar-refractivity contribution in [2.75, 3.05) is 5.88 Å². The highest BCUT2D eigenvalue weighted by molar-refractivity contribution is 6.17. The van der Waals surface area contributed by atoms with Crippen molar-refractivity contribution in [2.45, 2.75) is 19.3 Å². The fraction of sp³-hybridized carbons (Fsp3) is 0.333. The summed E-state index contributed by atoms with van der Waals surface area (Å²) in [7, 11) is 0. The quantitative estimate of drug-likeness (QED) is 0.444. The SMILES string of the molecule is N#Cc1ccnc(C#CCCCCCl)c1. The number of hydrogen-bond donors (Lipinski definition) is 0. The first-order valence-electron chi connectivity index (χ1n) is 4.78. The van der Waals surface area contributed by atoms with Crippen LogP contribution < -0.4 is 0 Å². The summed E-state index contributed by atoms with van der Waals surface area (Å²) in [4.78, 5) is 4.05. The maximum absolute atomic E-state index is 8.66. The number of hydrogen-bond acceptors (Lipinski definition) is 2. The summed E-state index contributed by atoms with van der Waals surface area (Å²) in [6.07, 6.45) is 4.42. The van der Waals surface area contributed by atoms with Crippen LogP contribution in [0.1, 0.15) is 30.5 Å². The van der Waals surface area contributed by atoms with Crippen molar-refractivity contribution < 1.29 is 0 Å². The van der Waals surface area contributed by atoms with Gasteiger partial charge in [-0.25, -0.2) is 4.98 Å². The van der Waals surface area contributed by atoms with Crippen molar-refractivity contribution in [3.05, 3.63) is 29.6 Å². The molecule has 0 fully saturated rings. The lowest BCUT2D eigenvalue weighted by atomic mass is 10.2. The number of halogens is 1. The van der Waals surface area contributed by atoms with E-state index in [0.29, 0.717) is 17.1 Å². The Morgan fingerprint density at radius 2 is 2.27 bits per heavy atom. The summed E-state index contributed by atoms with van der Waals surface area (Å²) >= 11 is 5.54. The molecule has 0 saturated heterocycles. The molecule has 76 valence electrons. The number of rotatable bonds is 3. The number of unbranched alkanes of at least 4 members (excludes halogenated alkanes) is 2. The third-order valence-electron chi connectivity index (χ3n) is 1.79. The number of nitrogens with zero attached hydrogens (tertiary/aromatic N) is 2. The molecule has 2 nitrogen and oxygen atoms in total. The number of alkyl halides is 1. The predicted molar refractivity (Wildman–Crippen MR) is 60.4 cm³/mol. The van der Waals surface area contributed by atoms with Crippen LogP contribution in [-0.2, 0) is 0 Å².